The van der Waals surface area contributed by atoms with E-state index in [1.807, 2.05) is 11.9 Å². The highest BCUT2D eigenvalue weighted by molar-refractivity contribution is 5.93. The van der Waals surface area contributed by atoms with E-state index in [1.54, 1.807) is 6.92 Å². The van der Waals surface area contributed by atoms with Crippen LogP contribution in [0.15, 0.2) is 0 Å². The zero-order valence-corrected chi connectivity index (χ0v) is 12.4. The first-order valence-corrected chi connectivity index (χ1v) is 7.17. The molecule has 20 heavy (non-hydrogen) atoms. The van der Waals surface area contributed by atoms with Crippen LogP contribution in [0.4, 0.5) is 0 Å². The Hall–Kier alpha value is -1.72. The molecule has 6 heteroatoms. The van der Waals surface area contributed by atoms with Gasteiger partial charge in [0, 0.05) is 20.0 Å². The SMILES string of the molecule is CC(=O)c1nnn(CC(=O)N(C)C2CCCCC2)c1C. The number of aromatic nitrogens is 3. The van der Waals surface area contributed by atoms with E-state index in [9.17, 15) is 9.59 Å². The summed E-state index contributed by atoms with van der Waals surface area (Å²) in [6.07, 6.45) is 5.81. The minimum atomic E-state index is -0.123. The molecule has 1 aliphatic carbocycles. The van der Waals surface area contributed by atoms with Crippen molar-refractivity contribution in [1.82, 2.24) is 19.9 Å². The highest BCUT2D eigenvalue weighted by atomic mass is 16.2. The fourth-order valence-electron chi connectivity index (χ4n) is 2.75. The summed E-state index contributed by atoms with van der Waals surface area (Å²) >= 11 is 0. The first-order chi connectivity index (χ1) is 9.50. The molecule has 1 saturated carbocycles. The monoisotopic (exact) mass is 278 g/mol. The molecule has 110 valence electrons. The zero-order chi connectivity index (χ0) is 14.7. The van der Waals surface area contributed by atoms with Gasteiger partial charge in [-0.05, 0) is 19.8 Å². The van der Waals surface area contributed by atoms with Crippen molar-refractivity contribution in [3.05, 3.63) is 11.4 Å². The predicted octanol–water partition coefficient (Wildman–Crippen LogP) is 1.58. The second kappa shape index (κ2) is 6.15. The maximum Gasteiger partial charge on any atom is 0.244 e. The van der Waals surface area contributed by atoms with Gasteiger partial charge in [0.25, 0.3) is 0 Å². The first-order valence-electron chi connectivity index (χ1n) is 7.17. The summed E-state index contributed by atoms with van der Waals surface area (Å²) in [5, 5.41) is 7.74. The highest BCUT2D eigenvalue weighted by Crippen LogP contribution is 2.21. The molecule has 0 saturated heterocycles. The van der Waals surface area contributed by atoms with E-state index >= 15 is 0 Å². The second-order valence-electron chi connectivity index (χ2n) is 5.53. The zero-order valence-electron chi connectivity index (χ0n) is 12.4. The maximum atomic E-state index is 12.3. The molecule has 0 unspecified atom stereocenters. The summed E-state index contributed by atoms with van der Waals surface area (Å²) < 4.78 is 1.51. The number of nitrogens with zero attached hydrogens (tertiary/aromatic N) is 4. The summed E-state index contributed by atoms with van der Waals surface area (Å²) in [5.74, 6) is -0.0955. The third kappa shape index (κ3) is 3.05. The number of rotatable bonds is 4. The van der Waals surface area contributed by atoms with Crippen LogP contribution in [-0.2, 0) is 11.3 Å². The van der Waals surface area contributed by atoms with E-state index in [2.05, 4.69) is 10.3 Å². The maximum absolute atomic E-state index is 12.3. The Morgan fingerprint density at radius 2 is 1.95 bits per heavy atom. The van der Waals surface area contributed by atoms with Crippen LogP contribution in [0.3, 0.4) is 0 Å². The Bertz CT molecular complexity index is 503. The lowest BCUT2D eigenvalue weighted by atomic mass is 9.94. The number of ketones is 1. The number of carbonyl (C=O) groups excluding carboxylic acids is 2. The lowest BCUT2D eigenvalue weighted by Crippen LogP contribution is -2.40. The van der Waals surface area contributed by atoms with Gasteiger partial charge < -0.3 is 4.90 Å². The average Bonchev–Trinajstić information content (AvgIpc) is 2.80. The lowest BCUT2D eigenvalue weighted by Gasteiger charge is -2.31. The minimum Gasteiger partial charge on any atom is -0.341 e. The first kappa shape index (κ1) is 14.7. The average molecular weight is 278 g/mol. The fraction of sp³-hybridized carbons (Fsp3) is 0.714. The van der Waals surface area contributed by atoms with Crippen LogP contribution in [0, 0.1) is 6.92 Å². The van der Waals surface area contributed by atoms with Gasteiger partial charge in [-0.1, -0.05) is 24.5 Å². The van der Waals surface area contributed by atoms with Gasteiger partial charge in [-0.3, -0.25) is 9.59 Å². The van der Waals surface area contributed by atoms with Crippen molar-refractivity contribution in [2.24, 2.45) is 0 Å². The molecule has 1 heterocycles. The van der Waals surface area contributed by atoms with Crippen LogP contribution in [0.1, 0.15) is 55.2 Å². The molecule has 1 aromatic heterocycles. The van der Waals surface area contributed by atoms with Crippen molar-refractivity contribution in [2.75, 3.05) is 7.05 Å². The largest absolute Gasteiger partial charge is 0.341 e. The highest BCUT2D eigenvalue weighted by Gasteiger charge is 2.23. The van der Waals surface area contributed by atoms with Gasteiger partial charge in [0.05, 0.1) is 5.69 Å². The Kier molecular flexibility index (Phi) is 4.52. The molecular formula is C14H22N4O2. The van der Waals surface area contributed by atoms with Crippen molar-refractivity contribution in [3.63, 3.8) is 0 Å². The van der Waals surface area contributed by atoms with Gasteiger partial charge in [-0.25, -0.2) is 4.68 Å². The number of carbonyl (C=O) groups is 2. The van der Waals surface area contributed by atoms with Crippen LogP contribution in [-0.4, -0.2) is 44.7 Å². The smallest absolute Gasteiger partial charge is 0.244 e. The van der Waals surface area contributed by atoms with Crippen molar-refractivity contribution in [3.8, 4) is 0 Å². The molecule has 1 aliphatic rings. The van der Waals surface area contributed by atoms with Gasteiger partial charge in [0.1, 0.15) is 6.54 Å². The number of amides is 1. The van der Waals surface area contributed by atoms with Gasteiger partial charge >= 0.3 is 0 Å². The summed E-state index contributed by atoms with van der Waals surface area (Å²) in [7, 11) is 1.86. The van der Waals surface area contributed by atoms with Crippen molar-refractivity contribution in [2.45, 2.75) is 58.5 Å². The van der Waals surface area contributed by atoms with Gasteiger partial charge in [0.2, 0.25) is 5.91 Å². The van der Waals surface area contributed by atoms with Crippen molar-refractivity contribution in [1.29, 1.82) is 0 Å². The molecule has 1 aromatic rings. The lowest BCUT2D eigenvalue weighted by molar-refractivity contribution is -0.133. The van der Waals surface area contributed by atoms with Crippen LogP contribution < -0.4 is 0 Å². The van der Waals surface area contributed by atoms with Crippen molar-refractivity contribution < 1.29 is 9.59 Å². The number of hydrogen-bond donors (Lipinski definition) is 0. The van der Waals surface area contributed by atoms with Crippen molar-refractivity contribution >= 4 is 11.7 Å². The Balaban J connectivity index is 2.02. The molecule has 0 radical (unpaired) electrons. The summed E-state index contributed by atoms with van der Waals surface area (Å²) in [6, 6.07) is 0.340. The molecule has 1 amide bonds. The fourth-order valence-corrected chi connectivity index (χ4v) is 2.75. The van der Waals surface area contributed by atoms with Crippen LogP contribution in [0.25, 0.3) is 0 Å². The van der Waals surface area contributed by atoms with Gasteiger partial charge in [-0.2, -0.15) is 0 Å². The van der Waals surface area contributed by atoms with Crippen LogP contribution in [0.2, 0.25) is 0 Å². The van der Waals surface area contributed by atoms with E-state index in [0.29, 0.717) is 17.4 Å². The molecular weight excluding hydrogens is 256 g/mol. The Labute approximate surface area is 119 Å². The predicted molar refractivity (Wildman–Crippen MR) is 74.4 cm³/mol. The topological polar surface area (TPSA) is 68.1 Å². The van der Waals surface area contributed by atoms with Gasteiger partial charge in [0.15, 0.2) is 11.5 Å². The molecule has 0 N–H and O–H groups in total. The molecule has 2 rings (SSSR count). The summed E-state index contributed by atoms with van der Waals surface area (Å²) in [4.78, 5) is 25.5. The Morgan fingerprint density at radius 1 is 1.30 bits per heavy atom. The van der Waals surface area contributed by atoms with E-state index in [4.69, 9.17) is 0 Å². The second-order valence-corrected chi connectivity index (χ2v) is 5.53. The third-order valence-electron chi connectivity index (χ3n) is 4.12. The summed E-state index contributed by atoms with van der Waals surface area (Å²) in [6.45, 7) is 3.38. The van der Waals surface area contributed by atoms with E-state index < -0.39 is 0 Å². The molecule has 0 atom stereocenters. The Morgan fingerprint density at radius 3 is 2.50 bits per heavy atom. The molecule has 0 aromatic carbocycles. The normalized spacial score (nSPS) is 16.1. The number of hydrogen-bond acceptors (Lipinski definition) is 4. The standard InChI is InChI=1S/C14H22N4O2/c1-10-14(11(2)19)15-16-18(10)9-13(20)17(3)12-7-5-4-6-8-12/h12H,4-9H2,1-3H3. The third-order valence-corrected chi connectivity index (χ3v) is 4.12. The molecule has 1 fully saturated rings. The molecule has 0 spiro atoms. The van der Waals surface area contributed by atoms with E-state index in [1.165, 1.54) is 30.9 Å². The van der Waals surface area contributed by atoms with Crippen LogP contribution >= 0.6 is 0 Å². The summed E-state index contributed by atoms with van der Waals surface area (Å²) in [5.41, 5.74) is 1.00. The molecule has 0 aliphatic heterocycles. The molecule has 0 bridgehead atoms. The van der Waals surface area contributed by atoms with Crippen LogP contribution in [0.5, 0.6) is 0 Å². The van der Waals surface area contributed by atoms with E-state index in [0.717, 1.165) is 12.8 Å². The number of Topliss-reactive ketones (excluding diaryl/α,β-unsaturated/α-hetero) is 1. The minimum absolute atomic E-state index is 0.0278. The van der Waals surface area contributed by atoms with Gasteiger partial charge in [-0.15, -0.1) is 5.10 Å². The quantitative estimate of drug-likeness (QED) is 0.784. The molecule has 6 nitrogen and oxygen atoms in total. The number of likely N-dealkylation sites (N-methyl/N-ethyl adjacent to an activating group) is 1. The van der Waals surface area contributed by atoms with E-state index in [-0.39, 0.29) is 18.2 Å².